The molecule has 5 fully saturated rings. The van der Waals surface area contributed by atoms with Crippen LogP contribution in [-0.4, -0.2) is 34.0 Å². The lowest BCUT2D eigenvalue weighted by atomic mass is 9.35. The van der Waals surface area contributed by atoms with E-state index in [1.165, 1.54) is 32.1 Å². The molecular formula is C31H52O4. The number of carbonyl (C=O) groups excluding carboxylic acids is 1. The molecule has 0 aliphatic heterocycles. The van der Waals surface area contributed by atoms with Gasteiger partial charge in [-0.1, -0.05) is 34.6 Å². The van der Waals surface area contributed by atoms with Gasteiger partial charge in [-0.25, -0.2) is 0 Å². The number of aliphatic hydroxyl groups excluding tert-OH is 1. The highest BCUT2D eigenvalue weighted by Gasteiger charge is 2.70. The van der Waals surface area contributed by atoms with Crippen LogP contribution in [0.15, 0.2) is 0 Å². The molecule has 11 atom stereocenters. The molecule has 5 saturated carbocycles. The van der Waals surface area contributed by atoms with E-state index in [0.717, 1.165) is 25.7 Å². The highest BCUT2D eigenvalue weighted by Crippen LogP contribution is 2.74. The van der Waals surface area contributed by atoms with Crippen LogP contribution >= 0.6 is 0 Å². The van der Waals surface area contributed by atoms with Crippen LogP contribution in [0.5, 0.6) is 0 Å². The largest absolute Gasteiger partial charge is 0.462 e. The van der Waals surface area contributed by atoms with Crippen LogP contribution in [0.3, 0.4) is 0 Å². The van der Waals surface area contributed by atoms with Crippen molar-refractivity contribution in [3.8, 4) is 0 Å². The van der Waals surface area contributed by atoms with Crippen molar-refractivity contribution in [2.45, 2.75) is 131 Å². The molecule has 0 aromatic rings. The Labute approximate surface area is 214 Å². The Bertz CT molecular complexity index is 859. The fraction of sp³-hybridized carbons (Fsp3) is 0.968. The van der Waals surface area contributed by atoms with Crippen molar-refractivity contribution in [3.05, 3.63) is 0 Å². The number of ether oxygens (including phenoxy) is 1. The standard InChI is InChI=1S/C31H52O4/c1-18(32)35-26-14-16-29(6)20-9-12-24-30(7)15-13-19(28(4,5)34)22(30)17-25(33)31(24,8)21(20)10-11-23(29)27(26,2)3/h19-26,33-34H,9-17H2,1-8H3/t19-,20?,21?,22?,23?,24?,25-,26-,29+,30-,31-/m0/s1. The average molecular weight is 489 g/mol. The summed E-state index contributed by atoms with van der Waals surface area (Å²) in [5.41, 5.74) is -0.291. The van der Waals surface area contributed by atoms with Gasteiger partial charge in [-0.3, -0.25) is 4.79 Å². The van der Waals surface area contributed by atoms with Crippen LogP contribution < -0.4 is 0 Å². The van der Waals surface area contributed by atoms with Gasteiger partial charge in [0, 0.05) is 12.3 Å². The van der Waals surface area contributed by atoms with Crippen LogP contribution in [-0.2, 0) is 9.53 Å². The third-order valence-corrected chi connectivity index (χ3v) is 13.4. The zero-order valence-corrected chi connectivity index (χ0v) is 23.7. The summed E-state index contributed by atoms with van der Waals surface area (Å²) < 4.78 is 5.86. The SMILES string of the molecule is CC(=O)O[C@H]1CC[C@]2(C)C3CCC4[C@@]5(C)CC[C@H](C(C)(C)O)C5C[C@H](O)[C@@]4(C)C3CCC2C1(C)C. The number of hydrogen-bond donors (Lipinski definition) is 2. The Morgan fingerprint density at radius 2 is 1.40 bits per heavy atom. The number of hydrogen-bond acceptors (Lipinski definition) is 4. The molecule has 4 heteroatoms. The topological polar surface area (TPSA) is 66.8 Å². The van der Waals surface area contributed by atoms with Gasteiger partial charge < -0.3 is 14.9 Å². The summed E-state index contributed by atoms with van der Waals surface area (Å²) in [5, 5.41) is 22.9. The van der Waals surface area contributed by atoms with Gasteiger partial charge in [0.1, 0.15) is 6.10 Å². The van der Waals surface area contributed by atoms with Crippen LogP contribution in [0.1, 0.15) is 113 Å². The summed E-state index contributed by atoms with van der Waals surface area (Å²) in [7, 11) is 0. The van der Waals surface area contributed by atoms with Crippen molar-refractivity contribution < 1.29 is 19.7 Å². The first kappa shape index (κ1) is 26.0. The maximum Gasteiger partial charge on any atom is 0.302 e. The van der Waals surface area contributed by atoms with Crippen molar-refractivity contribution in [2.75, 3.05) is 0 Å². The molecule has 5 aliphatic carbocycles. The van der Waals surface area contributed by atoms with Gasteiger partial charge in [-0.05, 0) is 123 Å². The number of esters is 1. The molecule has 35 heavy (non-hydrogen) atoms. The van der Waals surface area contributed by atoms with Crippen LogP contribution in [0.2, 0.25) is 0 Å². The molecule has 5 aliphatic rings. The van der Waals surface area contributed by atoms with Gasteiger partial charge in [0.15, 0.2) is 0 Å². The summed E-state index contributed by atoms with van der Waals surface area (Å²) in [6, 6.07) is 0. The fourth-order valence-electron chi connectivity index (χ4n) is 11.9. The lowest BCUT2D eigenvalue weighted by Gasteiger charge is -2.70. The number of carbonyl (C=O) groups is 1. The Balaban J connectivity index is 1.46. The summed E-state index contributed by atoms with van der Waals surface area (Å²) in [4.78, 5) is 11.8. The molecule has 5 unspecified atom stereocenters. The summed E-state index contributed by atoms with van der Waals surface area (Å²) in [6.07, 6.45) is 9.75. The van der Waals surface area contributed by atoms with E-state index in [-0.39, 0.29) is 45.8 Å². The molecule has 0 saturated heterocycles. The van der Waals surface area contributed by atoms with Crippen LogP contribution in [0.25, 0.3) is 0 Å². The van der Waals surface area contributed by atoms with Gasteiger partial charge in [0.25, 0.3) is 0 Å². The number of aliphatic hydroxyl groups is 2. The summed E-state index contributed by atoms with van der Waals surface area (Å²) in [5.74, 6) is 2.81. The average Bonchev–Trinajstić information content (AvgIpc) is 3.08. The highest BCUT2D eigenvalue weighted by molar-refractivity contribution is 5.66. The van der Waals surface area contributed by atoms with Crippen molar-refractivity contribution in [1.82, 2.24) is 0 Å². The van der Waals surface area contributed by atoms with Gasteiger partial charge in [0.05, 0.1) is 11.7 Å². The minimum Gasteiger partial charge on any atom is -0.462 e. The van der Waals surface area contributed by atoms with Crippen molar-refractivity contribution in [1.29, 1.82) is 0 Å². The van der Waals surface area contributed by atoms with E-state index in [9.17, 15) is 15.0 Å². The van der Waals surface area contributed by atoms with Crippen molar-refractivity contribution in [2.24, 2.45) is 57.2 Å². The summed E-state index contributed by atoms with van der Waals surface area (Å²) in [6.45, 7) is 17.7. The Morgan fingerprint density at radius 1 is 0.829 bits per heavy atom. The van der Waals surface area contributed by atoms with Gasteiger partial charge in [-0.2, -0.15) is 0 Å². The first-order valence-electron chi connectivity index (χ1n) is 14.7. The quantitative estimate of drug-likeness (QED) is 0.443. The molecule has 0 aromatic carbocycles. The second-order valence-electron chi connectivity index (χ2n) is 15.5. The maximum absolute atomic E-state index is 11.9. The third kappa shape index (κ3) is 3.47. The lowest BCUT2D eigenvalue weighted by molar-refractivity contribution is -0.245. The lowest BCUT2D eigenvalue weighted by Crippen LogP contribution is -2.66. The molecule has 5 rings (SSSR count). The maximum atomic E-state index is 11.9. The smallest absolute Gasteiger partial charge is 0.302 e. The second kappa shape index (κ2) is 7.95. The summed E-state index contributed by atoms with van der Waals surface area (Å²) >= 11 is 0. The molecule has 0 spiro atoms. The first-order chi connectivity index (χ1) is 16.1. The van der Waals surface area contributed by atoms with E-state index < -0.39 is 5.60 Å². The van der Waals surface area contributed by atoms with Crippen LogP contribution in [0, 0.1) is 57.2 Å². The Hall–Kier alpha value is -0.610. The van der Waals surface area contributed by atoms with Crippen LogP contribution in [0.4, 0.5) is 0 Å². The molecule has 4 nitrogen and oxygen atoms in total. The molecule has 200 valence electrons. The number of fused-ring (bicyclic) bond motifs is 7. The predicted molar refractivity (Wildman–Crippen MR) is 138 cm³/mol. The monoisotopic (exact) mass is 488 g/mol. The minimum absolute atomic E-state index is 0.0127. The molecule has 0 radical (unpaired) electrons. The molecule has 0 bridgehead atoms. The van der Waals surface area contributed by atoms with Crippen molar-refractivity contribution in [3.63, 3.8) is 0 Å². The first-order valence-corrected chi connectivity index (χ1v) is 14.7. The van der Waals surface area contributed by atoms with Crippen molar-refractivity contribution >= 4 is 5.97 Å². The fourth-order valence-corrected chi connectivity index (χ4v) is 11.9. The van der Waals surface area contributed by atoms with Gasteiger partial charge in [-0.15, -0.1) is 0 Å². The molecule has 0 aromatic heterocycles. The number of rotatable bonds is 2. The zero-order valence-electron chi connectivity index (χ0n) is 23.7. The third-order valence-electron chi connectivity index (χ3n) is 13.4. The normalized spacial score (nSPS) is 53.1. The van der Waals surface area contributed by atoms with E-state index in [1.807, 2.05) is 13.8 Å². The molecular weight excluding hydrogens is 436 g/mol. The molecule has 2 N–H and O–H groups in total. The van der Waals surface area contributed by atoms with E-state index >= 15 is 0 Å². The van der Waals surface area contributed by atoms with Gasteiger partial charge >= 0.3 is 5.97 Å². The predicted octanol–water partition coefficient (Wildman–Crippen LogP) is 6.37. The van der Waals surface area contributed by atoms with Gasteiger partial charge in [0.2, 0.25) is 0 Å². The van der Waals surface area contributed by atoms with E-state index in [1.54, 1.807) is 6.92 Å². The molecule has 0 amide bonds. The highest BCUT2D eigenvalue weighted by atomic mass is 16.5. The molecule has 0 heterocycles. The van der Waals surface area contributed by atoms with E-state index in [4.69, 9.17) is 4.74 Å². The Morgan fingerprint density at radius 3 is 2.03 bits per heavy atom. The minimum atomic E-state index is -0.676. The van der Waals surface area contributed by atoms with E-state index in [0.29, 0.717) is 29.6 Å². The van der Waals surface area contributed by atoms with E-state index in [2.05, 4.69) is 34.6 Å². The Kier molecular flexibility index (Phi) is 5.91. The zero-order chi connectivity index (χ0) is 25.8. The second-order valence-corrected chi connectivity index (χ2v) is 15.5.